The largest absolute Gasteiger partial charge is 0.504 e. The Morgan fingerprint density at radius 2 is 1.89 bits per heavy atom. The lowest BCUT2D eigenvalue weighted by Gasteiger charge is -2.31. The van der Waals surface area contributed by atoms with Crippen molar-refractivity contribution in [2.45, 2.75) is 44.7 Å². The number of hydrogen-bond donors (Lipinski definition) is 2. The second-order valence-electron chi connectivity index (χ2n) is 7.17. The molecule has 0 radical (unpaired) electrons. The number of phenols is 1. The Balaban J connectivity index is 1.75. The molecule has 1 fully saturated rings. The van der Waals surface area contributed by atoms with E-state index < -0.39 is 0 Å². The summed E-state index contributed by atoms with van der Waals surface area (Å²) in [5, 5.41) is 13.2. The highest BCUT2D eigenvalue weighted by atomic mass is 16.5. The van der Waals surface area contributed by atoms with Crippen LogP contribution in [0.15, 0.2) is 42.5 Å². The Kier molecular flexibility index (Phi) is 6.35. The molecule has 5 nitrogen and oxygen atoms in total. The third-order valence-corrected chi connectivity index (χ3v) is 5.35. The third-order valence-electron chi connectivity index (χ3n) is 5.35. The minimum Gasteiger partial charge on any atom is -0.504 e. The molecule has 144 valence electrons. The van der Waals surface area contributed by atoms with Crippen molar-refractivity contribution in [3.8, 4) is 11.5 Å². The van der Waals surface area contributed by atoms with Crippen molar-refractivity contribution in [1.29, 1.82) is 0 Å². The summed E-state index contributed by atoms with van der Waals surface area (Å²) in [6.07, 6.45) is 6.40. The molecule has 3 rings (SSSR count). The lowest BCUT2D eigenvalue weighted by Crippen LogP contribution is -2.33. The number of nitrogens with one attached hydrogen (secondary N) is 1. The molecular weight excluding hydrogens is 340 g/mol. The first-order valence-electron chi connectivity index (χ1n) is 9.55. The van der Waals surface area contributed by atoms with Crippen LogP contribution in [0, 0.1) is 0 Å². The molecule has 0 heterocycles. The minimum absolute atomic E-state index is 0.144. The Morgan fingerprint density at radius 1 is 1.15 bits per heavy atom. The van der Waals surface area contributed by atoms with Gasteiger partial charge in [-0.3, -0.25) is 9.69 Å². The van der Waals surface area contributed by atoms with E-state index in [0.717, 1.165) is 17.8 Å². The van der Waals surface area contributed by atoms with Gasteiger partial charge >= 0.3 is 0 Å². The predicted octanol–water partition coefficient (Wildman–Crippen LogP) is 4.42. The van der Waals surface area contributed by atoms with Crippen molar-refractivity contribution in [3.63, 3.8) is 0 Å². The Bertz CT molecular complexity index is 785. The second kappa shape index (κ2) is 8.91. The van der Waals surface area contributed by atoms with Crippen LogP contribution in [0.4, 0.5) is 5.69 Å². The molecule has 27 heavy (non-hydrogen) atoms. The number of anilines is 1. The normalized spacial score (nSPS) is 14.9. The predicted molar refractivity (Wildman–Crippen MR) is 107 cm³/mol. The van der Waals surface area contributed by atoms with Crippen molar-refractivity contribution < 1.29 is 14.6 Å². The van der Waals surface area contributed by atoms with E-state index in [1.54, 1.807) is 18.2 Å². The summed E-state index contributed by atoms with van der Waals surface area (Å²) < 4.78 is 5.09. The molecule has 0 saturated heterocycles. The molecule has 1 aliphatic rings. The number of benzene rings is 2. The maximum Gasteiger partial charge on any atom is 0.259 e. The highest BCUT2D eigenvalue weighted by Gasteiger charge is 2.20. The first-order chi connectivity index (χ1) is 13.1. The van der Waals surface area contributed by atoms with Gasteiger partial charge in [0.05, 0.1) is 12.7 Å². The van der Waals surface area contributed by atoms with Crippen LogP contribution in [0.25, 0.3) is 0 Å². The van der Waals surface area contributed by atoms with E-state index in [1.807, 2.05) is 24.3 Å². The summed E-state index contributed by atoms with van der Waals surface area (Å²) in [5.41, 5.74) is 2.04. The van der Waals surface area contributed by atoms with Crippen LogP contribution in [-0.4, -0.2) is 36.1 Å². The fourth-order valence-electron chi connectivity index (χ4n) is 3.76. The van der Waals surface area contributed by atoms with Crippen molar-refractivity contribution >= 4 is 11.6 Å². The van der Waals surface area contributed by atoms with Crippen LogP contribution in [0.5, 0.6) is 11.5 Å². The molecule has 2 aromatic rings. The zero-order valence-corrected chi connectivity index (χ0v) is 16.1. The smallest absolute Gasteiger partial charge is 0.259 e. The molecule has 0 unspecified atom stereocenters. The fourth-order valence-corrected chi connectivity index (χ4v) is 3.76. The molecule has 0 bridgehead atoms. The number of amides is 1. The monoisotopic (exact) mass is 368 g/mol. The molecular formula is C22H28N2O3. The lowest BCUT2D eigenvalue weighted by atomic mass is 9.94. The molecule has 0 atom stereocenters. The van der Waals surface area contributed by atoms with Crippen LogP contribution in [-0.2, 0) is 6.54 Å². The van der Waals surface area contributed by atoms with Crippen LogP contribution in [0.2, 0.25) is 0 Å². The molecule has 1 aliphatic carbocycles. The van der Waals surface area contributed by atoms with E-state index in [9.17, 15) is 9.90 Å². The molecule has 5 heteroatoms. The molecule has 0 aliphatic heterocycles. The summed E-state index contributed by atoms with van der Waals surface area (Å²) in [5.74, 6) is -0.207. The van der Waals surface area contributed by atoms with Gasteiger partial charge in [0.1, 0.15) is 0 Å². The molecule has 2 aromatic carbocycles. The quantitative estimate of drug-likeness (QED) is 0.792. The number of methoxy groups -OCH3 is 1. The number of nitrogens with zero attached hydrogens (tertiary/aromatic N) is 1. The standard InChI is InChI=1S/C22H28N2O3/c1-24(17-10-4-3-5-11-17)15-16-9-6-7-13-19(16)23-22(26)18-12-8-14-20(27-2)21(18)25/h6-9,12-14,17,25H,3-5,10-11,15H2,1-2H3,(H,23,26). The molecule has 0 aromatic heterocycles. The maximum absolute atomic E-state index is 12.7. The number of phenolic OH excluding ortho intramolecular Hbond substituents is 1. The lowest BCUT2D eigenvalue weighted by molar-refractivity contribution is 0.102. The van der Waals surface area contributed by atoms with Gasteiger partial charge in [-0.2, -0.15) is 0 Å². The van der Waals surface area contributed by atoms with Gasteiger partial charge in [0.15, 0.2) is 11.5 Å². The van der Waals surface area contributed by atoms with Gasteiger partial charge in [0.25, 0.3) is 5.91 Å². The van der Waals surface area contributed by atoms with Crippen molar-refractivity contribution in [1.82, 2.24) is 4.90 Å². The first-order valence-corrected chi connectivity index (χ1v) is 9.55. The van der Waals surface area contributed by atoms with Crippen molar-refractivity contribution in [3.05, 3.63) is 53.6 Å². The Morgan fingerprint density at radius 3 is 2.63 bits per heavy atom. The first kappa shape index (κ1) is 19.2. The number of rotatable bonds is 6. The van der Waals surface area contributed by atoms with Crippen molar-refractivity contribution in [2.75, 3.05) is 19.5 Å². The number of carbonyl (C=O) groups is 1. The van der Waals surface area contributed by atoms with Gasteiger partial charge < -0.3 is 15.2 Å². The maximum atomic E-state index is 12.7. The SMILES string of the molecule is COc1cccc(C(=O)Nc2ccccc2CN(C)C2CCCCC2)c1O. The summed E-state index contributed by atoms with van der Waals surface area (Å²) >= 11 is 0. The number of carbonyl (C=O) groups excluding carboxylic acids is 1. The molecule has 0 spiro atoms. The van der Waals surface area contributed by atoms with E-state index in [4.69, 9.17) is 4.74 Å². The van der Waals surface area contributed by atoms with Gasteiger partial charge in [0, 0.05) is 18.3 Å². The van der Waals surface area contributed by atoms with Crippen LogP contribution >= 0.6 is 0 Å². The summed E-state index contributed by atoms with van der Waals surface area (Å²) in [7, 11) is 3.62. The van der Waals surface area contributed by atoms with Gasteiger partial charge in [0.2, 0.25) is 0 Å². The van der Waals surface area contributed by atoms with Gasteiger partial charge in [-0.05, 0) is 43.7 Å². The number of para-hydroxylation sites is 2. The number of aromatic hydroxyl groups is 1. The highest BCUT2D eigenvalue weighted by Crippen LogP contribution is 2.30. The fraction of sp³-hybridized carbons (Fsp3) is 0.409. The number of hydrogen-bond acceptors (Lipinski definition) is 4. The number of ether oxygens (including phenoxy) is 1. The van der Waals surface area contributed by atoms with Gasteiger partial charge in [-0.1, -0.05) is 43.5 Å². The van der Waals surface area contributed by atoms with Gasteiger partial charge in [-0.15, -0.1) is 0 Å². The Labute approximate surface area is 161 Å². The molecule has 1 saturated carbocycles. The summed E-state index contributed by atoms with van der Waals surface area (Å²) in [6.45, 7) is 0.783. The van der Waals surface area contributed by atoms with Crippen LogP contribution < -0.4 is 10.1 Å². The van der Waals surface area contributed by atoms with E-state index in [1.165, 1.54) is 39.2 Å². The zero-order chi connectivity index (χ0) is 19.2. The average Bonchev–Trinajstić information content (AvgIpc) is 2.70. The van der Waals surface area contributed by atoms with Crippen LogP contribution in [0.1, 0.15) is 48.0 Å². The topological polar surface area (TPSA) is 61.8 Å². The second-order valence-corrected chi connectivity index (χ2v) is 7.17. The average molecular weight is 368 g/mol. The van der Waals surface area contributed by atoms with E-state index in [-0.39, 0.29) is 23.0 Å². The minimum atomic E-state index is -0.348. The van der Waals surface area contributed by atoms with E-state index >= 15 is 0 Å². The molecule has 2 N–H and O–H groups in total. The zero-order valence-electron chi connectivity index (χ0n) is 16.1. The summed E-state index contributed by atoms with van der Waals surface area (Å²) in [4.78, 5) is 15.1. The summed E-state index contributed by atoms with van der Waals surface area (Å²) in [6, 6.07) is 13.3. The van der Waals surface area contributed by atoms with E-state index in [0.29, 0.717) is 6.04 Å². The van der Waals surface area contributed by atoms with E-state index in [2.05, 4.69) is 17.3 Å². The highest BCUT2D eigenvalue weighted by molar-refractivity contribution is 6.07. The van der Waals surface area contributed by atoms with Gasteiger partial charge in [-0.25, -0.2) is 0 Å². The van der Waals surface area contributed by atoms with Crippen molar-refractivity contribution in [2.24, 2.45) is 0 Å². The third kappa shape index (κ3) is 4.61. The van der Waals surface area contributed by atoms with Crippen LogP contribution in [0.3, 0.4) is 0 Å². The Hall–Kier alpha value is -2.53. The molecule has 1 amide bonds.